The van der Waals surface area contributed by atoms with Gasteiger partial charge >= 0.3 is 0 Å². The predicted octanol–water partition coefficient (Wildman–Crippen LogP) is 1.19. The van der Waals surface area contributed by atoms with Gasteiger partial charge in [-0.2, -0.15) is 0 Å². The number of aliphatic hydroxyl groups is 1. The zero-order chi connectivity index (χ0) is 13.7. The van der Waals surface area contributed by atoms with E-state index in [4.69, 9.17) is 4.74 Å². The monoisotopic (exact) mass is 270 g/mol. The number of nitrogens with zero attached hydrogens (tertiary/aromatic N) is 2. The van der Waals surface area contributed by atoms with Crippen LogP contribution in [0.25, 0.3) is 0 Å². The largest absolute Gasteiger partial charge is 0.389 e. The molecule has 2 rings (SSSR count). The standard InChI is InChI=1S/C15H30N2O2/c1-3-16-7-9-17(10-8-16)11-14(18)12-19-15-6-4-5-13(15)2/h13-15,18H,3-12H2,1-2H3. The molecule has 3 unspecified atom stereocenters. The second kappa shape index (κ2) is 7.58. The van der Waals surface area contributed by atoms with Gasteiger partial charge in [0, 0.05) is 32.7 Å². The van der Waals surface area contributed by atoms with E-state index in [0.717, 1.165) is 39.3 Å². The summed E-state index contributed by atoms with van der Waals surface area (Å²) in [7, 11) is 0. The van der Waals surface area contributed by atoms with Gasteiger partial charge in [0.05, 0.1) is 18.8 Å². The van der Waals surface area contributed by atoms with E-state index in [9.17, 15) is 5.11 Å². The molecule has 1 aliphatic carbocycles. The SMILES string of the molecule is CCN1CCN(CC(O)COC2CCCC2C)CC1. The summed E-state index contributed by atoms with van der Waals surface area (Å²) in [5, 5.41) is 10.1. The van der Waals surface area contributed by atoms with Gasteiger partial charge in [-0.1, -0.05) is 20.3 Å². The maximum absolute atomic E-state index is 10.1. The average molecular weight is 270 g/mol. The fourth-order valence-electron chi connectivity index (χ4n) is 3.23. The summed E-state index contributed by atoms with van der Waals surface area (Å²) in [5.41, 5.74) is 0. The Morgan fingerprint density at radius 2 is 1.84 bits per heavy atom. The molecule has 112 valence electrons. The molecule has 1 aliphatic heterocycles. The summed E-state index contributed by atoms with van der Waals surface area (Å²) in [6.07, 6.45) is 3.77. The van der Waals surface area contributed by atoms with Crippen molar-refractivity contribution in [3.8, 4) is 0 Å². The van der Waals surface area contributed by atoms with Crippen molar-refractivity contribution in [2.75, 3.05) is 45.9 Å². The van der Waals surface area contributed by atoms with Crippen LogP contribution in [0.3, 0.4) is 0 Å². The van der Waals surface area contributed by atoms with Gasteiger partial charge < -0.3 is 14.7 Å². The first-order valence-corrected chi connectivity index (χ1v) is 7.93. The zero-order valence-corrected chi connectivity index (χ0v) is 12.6. The third-order valence-electron chi connectivity index (χ3n) is 4.67. The number of aliphatic hydroxyl groups excluding tert-OH is 1. The fourth-order valence-corrected chi connectivity index (χ4v) is 3.23. The molecule has 2 fully saturated rings. The van der Waals surface area contributed by atoms with Crippen LogP contribution in [-0.4, -0.2) is 73.0 Å². The average Bonchev–Trinajstić information content (AvgIpc) is 2.83. The Morgan fingerprint density at radius 3 is 2.42 bits per heavy atom. The Balaban J connectivity index is 1.60. The quantitative estimate of drug-likeness (QED) is 0.786. The second-order valence-corrected chi connectivity index (χ2v) is 6.17. The molecule has 1 heterocycles. The maximum Gasteiger partial charge on any atom is 0.0900 e. The Hall–Kier alpha value is -0.160. The number of hydrogen-bond donors (Lipinski definition) is 1. The highest BCUT2D eigenvalue weighted by Crippen LogP contribution is 2.27. The van der Waals surface area contributed by atoms with Crippen molar-refractivity contribution in [1.82, 2.24) is 9.80 Å². The fraction of sp³-hybridized carbons (Fsp3) is 1.00. The van der Waals surface area contributed by atoms with Gasteiger partial charge in [-0.3, -0.25) is 4.90 Å². The molecule has 0 aromatic carbocycles. The molecule has 0 radical (unpaired) electrons. The number of β-amino-alcohol motifs (C(OH)–C–C–N with tert-alkyl or cyclic N) is 1. The van der Waals surface area contributed by atoms with Crippen molar-refractivity contribution >= 4 is 0 Å². The molecule has 4 heteroatoms. The van der Waals surface area contributed by atoms with E-state index in [1.54, 1.807) is 0 Å². The van der Waals surface area contributed by atoms with Crippen LogP contribution < -0.4 is 0 Å². The summed E-state index contributed by atoms with van der Waals surface area (Å²) >= 11 is 0. The van der Waals surface area contributed by atoms with Gasteiger partial charge in [0.25, 0.3) is 0 Å². The molecular weight excluding hydrogens is 240 g/mol. The number of rotatable bonds is 6. The predicted molar refractivity (Wildman–Crippen MR) is 77.3 cm³/mol. The van der Waals surface area contributed by atoms with Gasteiger partial charge in [0.1, 0.15) is 0 Å². The number of likely N-dealkylation sites (N-methyl/N-ethyl adjacent to an activating group) is 1. The molecular formula is C15H30N2O2. The smallest absolute Gasteiger partial charge is 0.0900 e. The van der Waals surface area contributed by atoms with Gasteiger partial charge in [-0.05, 0) is 25.3 Å². The van der Waals surface area contributed by atoms with Crippen molar-refractivity contribution in [2.45, 2.75) is 45.3 Å². The van der Waals surface area contributed by atoms with Gasteiger partial charge in [0.2, 0.25) is 0 Å². The van der Waals surface area contributed by atoms with Crippen LogP contribution in [0.5, 0.6) is 0 Å². The highest BCUT2D eigenvalue weighted by molar-refractivity contribution is 4.76. The van der Waals surface area contributed by atoms with Crippen molar-refractivity contribution in [2.24, 2.45) is 5.92 Å². The van der Waals surface area contributed by atoms with Gasteiger partial charge in [-0.25, -0.2) is 0 Å². The van der Waals surface area contributed by atoms with E-state index in [1.807, 2.05) is 0 Å². The lowest BCUT2D eigenvalue weighted by Gasteiger charge is -2.35. The molecule has 3 atom stereocenters. The van der Waals surface area contributed by atoms with Crippen LogP contribution in [0.15, 0.2) is 0 Å². The maximum atomic E-state index is 10.1. The van der Waals surface area contributed by atoms with E-state index in [-0.39, 0.29) is 6.10 Å². The first-order valence-electron chi connectivity index (χ1n) is 7.93. The minimum Gasteiger partial charge on any atom is -0.389 e. The van der Waals surface area contributed by atoms with E-state index >= 15 is 0 Å². The van der Waals surface area contributed by atoms with Crippen molar-refractivity contribution < 1.29 is 9.84 Å². The van der Waals surface area contributed by atoms with E-state index in [0.29, 0.717) is 18.6 Å². The molecule has 0 spiro atoms. The minimum atomic E-state index is -0.332. The van der Waals surface area contributed by atoms with Crippen LogP contribution in [0.1, 0.15) is 33.1 Å². The molecule has 1 saturated heterocycles. The van der Waals surface area contributed by atoms with E-state index < -0.39 is 0 Å². The topological polar surface area (TPSA) is 35.9 Å². The van der Waals surface area contributed by atoms with Crippen molar-refractivity contribution in [1.29, 1.82) is 0 Å². The summed E-state index contributed by atoms with van der Waals surface area (Å²) in [5.74, 6) is 0.667. The molecule has 1 saturated carbocycles. The van der Waals surface area contributed by atoms with Crippen LogP contribution in [0.4, 0.5) is 0 Å². The first kappa shape index (κ1) is 15.2. The number of piperazine rings is 1. The molecule has 1 N–H and O–H groups in total. The molecule has 2 aliphatic rings. The molecule has 0 bridgehead atoms. The summed E-state index contributed by atoms with van der Waals surface area (Å²) in [6, 6.07) is 0. The highest BCUT2D eigenvalue weighted by Gasteiger charge is 2.25. The van der Waals surface area contributed by atoms with Gasteiger partial charge in [-0.15, -0.1) is 0 Å². The molecule has 0 aromatic rings. The summed E-state index contributed by atoms with van der Waals surface area (Å²) < 4.78 is 5.87. The second-order valence-electron chi connectivity index (χ2n) is 6.17. The number of ether oxygens (including phenoxy) is 1. The Morgan fingerprint density at radius 1 is 1.16 bits per heavy atom. The van der Waals surface area contributed by atoms with Gasteiger partial charge in [0.15, 0.2) is 0 Å². The van der Waals surface area contributed by atoms with E-state index in [2.05, 4.69) is 23.6 Å². The molecule has 19 heavy (non-hydrogen) atoms. The third-order valence-corrected chi connectivity index (χ3v) is 4.67. The molecule has 0 aromatic heterocycles. The van der Waals surface area contributed by atoms with Crippen molar-refractivity contribution in [3.05, 3.63) is 0 Å². The summed E-state index contributed by atoms with van der Waals surface area (Å²) in [4.78, 5) is 4.82. The lowest BCUT2D eigenvalue weighted by atomic mass is 10.1. The van der Waals surface area contributed by atoms with E-state index in [1.165, 1.54) is 19.3 Å². The normalized spacial score (nSPS) is 31.7. The number of hydrogen-bond acceptors (Lipinski definition) is 4. The Bertz CT molecular complexity index is 255. The molecule has 0 amide bonds. The Labute approximate surface area is 117 Å². The van der Waals surface area contributed by atoms with Crippen molar-refractivity contribution in [3.63, 3.8) is 0 Å². The zero-order valence-electron chi connectivity index (χ0n) is 12.6. The third kappa shape index (κ3) is 4.71. The van der Waals surface area contributed by atoms with Crippen LogP contribution in [0, 0.1) is 5.92 Å². The van der Waals surface area contributed by atoms with Crippen LogP contribution in [0.2, 0.25) is 0 Å². The highest BCUT2D eigenvalue weighted by atomic mass is 16.5. The Kier molecular flexibility index (Phi) is 6.07. The van der Waals surface area contributed by atoms with Crippen LogP contribution >= 0.6 is 0 Å². The summed E-state index contributed by atoms with van der Waals surface area (Å²) in [6.45, 7) is 11.3. The minimum absolute atomic E-state index is 0.332. The van der Waals surface area contributed by atoms with Crippen LogP contribution in [-0.2, 0) is 4.74 Å². The molecule has 4 nitrogen and oxygen atoms in total. The lowest BCUT2D eigenvalue weighted by Crippen LogP contribution is -2.49. The first-order chi connectivity index (χ1) is 9.19. The lowest BCUT2D eigenvalue weighted by molar-refractivity contribution is -0.0354.